The molecular weight excluding hydrogens is 152 g/mol. The summed E-state index contributed by atoms with van der Waals surface area (Å²) < 4.78 is 0. The van der Waals surface area contributed by atoms with Gasteiger partial charge < -0.3 is 9.80 Å². The second-order valence-corrected chi connectivity index (χ2v) is 3.93. The van der Waals surface area contributed by atoms with Crippen LogP contribution >= 0.6 is 0 Å². The van der Waals surface area contributed by atoms with Crippen LogP contribution in [0.3, 0.4) is 0 Å². The van der Waals surface area contributed by atoms with E-state index in [1.165, 1.54) is 6.42 Å². The van der Waals surface area contributed by atoms with Crippen molar-refractivity contribution in [2.75, 3.05) is 33.2 Å². The molecule has 12 heavy (non-hydrogen) atoms. The van der Waals surface area contributed by atoms with Crippen LogP contribution in [0, 0.1) is 5.92 Å². The van der Waals surface area contributed by atoms with Crippen LogP contribution in [0.5, 0.6) is 0 Å². The molecule has 0 N–H and O–H groups in total. The van der Waals surface area contributed by atoms with Crippen LogP contribution in [0.1, 0.15) is 12.8 Å². The Balaban J connectivity index is 1.87. The molecule has 0 bridgehead atoms. The lowest BCUT2D eigenvalue weighted by molar-refractivity contribution is -0.138. The van der Waals surface area contributed by atoms with E-state index >= 15 is 0 Å². The van der Waals surface area contributed by atoms with Gasteiger partial charge in [-0.3, -0.25) is 4.79 Å². The molecule has 0 saturated carbocycles. The van der Waals surface area contributed by atoms with Crippen molar-refractivity contribution in [2.45, 2.75) is 12.8 Å². The number of hydrogen-bond donors (Lipinski definition) is 0. The SMILES string of the molecule is CN1CCC(C(=O)N2CCC2)C1. The third kappa shape index (κ3) is 1.33. The van der Waals surface area contributed by atoms with Crippen LogP contribution in [0.25, 0.3) is 0 Å². The average Bonchev–Trinajstić information content (AvgIpc) is 2.31. The van der Waals surface area contributed by atoms with Gasteiger partial charge in [-0.1, -0.05) is 0 Å². The largest absolute Gasteiger partial charge is 0.342 e. The van der Waals surface area contributed by atoms with E-state index in [1.54, 1.807) is 0 Å². The molecule has 0 aromatic carbocycles. The third-order valence-electron chi connectivity index (χ3n) is 2.91. The Bertz CT molecular complexity index is 189. The predicted octanol–water partition coefficient (Wildman–Crippen LogP) is 0.170. The van der Waals surface area contributed by atoms with Crippen molar-refractivity contribution in [1.82, 2.24) is 9.80 Å². The maximum absolute atomic E-state index is 11.7. The van der Waals surface area contributed by atoms with Gasteiger partial charge in [0, 0.05) is 19.6 Å². The van der Waals surface area contributed by atoms with E-state index in [0.29, 0.717) is 11.8 Å². The first-order chi connectivity index (χ1) is 5.77. The highest BCUT2D eigenvalue weighted by Crippen LogP contribution is 2.19. The summed E-state index contributed by atoms with van der Waals surface area (Å²) in [6, 6.07) is 0. The second kappa shape index (κ2) is 3.05. The van der Waals surface area contributed by atoms with Crippen molar-refractivity contribution in [3.8, 4) is 0 Å². The minimum atomic E-state index is 0.301. The van der Waals surface area contributed by atoms with Gasteiger partial charge in [-0.05, 0) is 26.4 Å². The lowest BCUT2D eigenvalue weighted by atomic mass is 10.1. The van der Waals surface area contributed by atoms with Crippen molar-refractivity contribution in [3.63, 3.8) is 0 Å². The summed E-state index contributed by atoms with van der Waals surface area (Å²) in [5.41, 5.74) is 0. The first kappa shape index (κ1) is 8.05. The van der Waals surface area contributed by atoms with Gasteiger partial charge in [-0.15, -0.1) is 0 Å². The van der Waals surface area contributed by atoms with E-state index in [4.69, 9.17) is 0 Å². The van der Waals surface area contributed by atoms with E-state index in [0.717, 1.165) is 32.6 Å². The van der Waals surface area contributed by atoms with Crippen LogP contribution in [0.4, 0.5) is 0 Å². The number of amides is 1. The van der Waals surface area contributed by atoms with E-state index in [1.807, 2.05) is 4.90 Å². The number of rotatable bonds is 1. The van der Waals surface area contributed by atoms with Crippen LogP contribution in [0.2, 0.25) is 0 Å². The average molecular weight is 168 g/mol. The molecular formula is C9H16N2O. The van der Waals surface area contributed by atoms with Gasteiger partial charge in [0.1, 0.15) is 0 Å². The van der Waals surface area contributed by atoms with Gasteiger partial charge in [0.2, 0.25) is 5.91 Å². The number of likely N-dealkylation sites (tertiary alicyclic amines) is 2. The molecule has 3 nitrogen and oxygen atoms in total. The molecule has 1 atom stereocenters. The number of nitrogens with zero attached hydrogens (tertiary/aromatic N) is 2. The van der Waals surface area contributed by atoms with Crippen LogP contribution in [0.15, 0.2) is 0 Å². The molecule has 68 valence electrons. The predicted molar refractivity (Wildman–Crippen MR) is 46.8 cm³/mol. The zero-order valence-corrected chi connectivity index (χ0v) is 7.62. The summed E-state index contributed by atoms with van der Waals surface area (Å²) in [6.45, 7) is 4.05. The molecule has 3 heteroatoms. The van der Waals surface area contributed by atoms with E-state index in [-0.39, 0.29) is 0 Å². The molecule has 0 spiro atoms. The topological polar surface area (TPSA) is 23.6 Å². The molecule has 2 aliphatic rings. The Morgan fingerprint density at radius 3 is 2.50 bits per heavy atom. The molecule has 0 aliphatic carbocycles. The van der Waals surface area contributed by atoms with Gasteiger partial charge in [0.25, 0.3) is 0 Å². The van der Waals surface area contributed by atoms with Gasteiger partial charge in [0.05, 0.1) is 5.92 Å². The maximum atomic E-state index is 11.7. The second-order valence-electron chi connectivity index (χ2n) is 3.93. The summed E-state index contributed by atoms with van der Waals surface area (Å²) in [6.07, 6.45) is 2.26. The van der Waals surface area contributed by atoms with Gasteiger partial charge in [-0.2, -0.15) is 0 Å². The Labute approximate surface area is 73.3 Å². The third-order valence-corrected chi connectivity index (χ3v) is 2.91. The lowest BCUT2D eigenvalue weighted by Crippen LogP contribution is -2.45. The van der Waals surface area contributed by atoms with Crippen LogP contribution in [-0.4, -0.2) is 48.9 Å². The Morgan fingerprint density at radius 1 is 1.33 bits per heavy atom. The molecule has 1 amide bonds. The summed E-state index contributed by atoms with van der Waals surface area (Å²) in [4.78, 5) is 15.9. The highest BCUT2D eigenvalue weighted by Gasteiger charge is 2.31. The molecule has 2 aliphatic heterocycles. The zero-order valence-electron chi connectivity index (χ0n) is 7.62. The number of carbonyl (C=O) groups is 1. The first-order valence-electron chi connectivity index (χ1n) is 4.75. The molecule has 1 unspecified atom stereocenters. The number of hydrogen-bond acceptors (Lipinski definition) is 2. The smallest absolute Gasteiger partial charge is 0.227 e. The van der Waals surface area contributed by atoms with E-state index in [2.05, 4.69) is 11.9 Å². The fourth-order valence-corrected chi connectivity index (χ4v) is 1.93. The normalized spacial score (nSPS) is 30.4. The standard InChI is InChI=1S/C9H16N2O/c1-10-6-3-8(7-10)9(12)11-4-2-5-11/h8H,2-7H2,1H3. The maximum Gasteiger partial charge on any atom is 0.227 e. The fourth-order valence-electron chi connectivity index (χ4n) is 1.93. The minimum Gasteiger partial charge on any atom is -0.342 e. The van der Waals surface area contributed by atoms with Crippen molar-refractivity contribution in [3.05, 3.63) is 0 Å². The molecule has 0 aromatic heterocycles. The van der Waals surface area contributed by atoms with Crippen LogP contribution < -0.4 is 0 Å². The molecule has 2 heterocycles. The van der Waals surface area contributed by atoms with Gasteiger partial charge in [-0.25, -0.2) is 0 Å². The molecule has 0 aromatic rings. The number of carbonyl (C=O) groups excluding carboxylic acids is 1. The molecule has 0 radical (unpaired) electrons. The summed E-state index contributed by atoms with van der Waals surface area (Å²) in [7, 11) is 2.09. The first-order valence-corrected chi connectivity index (χ1v) is 4.75. The Morgan fingerprint density at radius 2 is 2.08 bits per heavy atom. The van der Waals surface area contributed by atoms with Gasteiger partial charge >= 0.3 is 0 Å². The monoisotopic (exact) mass is 168 g/mol. The van der Waals surface area contributed by atoms with E-state index < -0.39 is 0 Å². The molecule has 2 rings (SSSR count). The van der Waals surface area contributed by atoms with Crippen molar-refractivity contribution >= 4 is 5.91 Å². The minimum absolute atomic E-state index is 0.301. The van der Waals surface area contributed by atoms with Crippen molar-refractivity contribution in [1.29, 1.82) is 0 Å². The fraction of sp³-hybridized carbons (Fsp3) is 0.889. The molecule has 2 fully saturated rings. The van der Waals surface area contributed by atoms with Gasteiger partial charge in [0.15, 0.2) is 0 Å². The summed E-state index contributed by atoms with van der Waals surface area (Å²) in [5, 5.41) is 0. The van der Waals surface area contributed by atoms with Crippen LogP contribution in [-0.2, 0) is 4.79 Å². The quantitative estimate of drug-likeness (QED) is 0.557. The molecule has 2 saturated heterocycles. The van der Waals surface area contributed by atoms with Crippen molar-refractivity contribution < 1.29 is 4.79 Å². The highest BCUT2D eigenvalue weighted by molar-refractivity contribution is 5.80. The Kier molecular flexibility index (Phi) is 2.05. The summed E-state index contributed by atoms with van der Waals surface area (Å²) >= 11 is 0. The van der Waals surface area contributed by atoms with E-state index in [9.17, 15) is 4.79 Å². The Hall–Kier alpha value is -0.570. The summed E-state index contributed by atoms with van der Waals surface area (Å²) in [5.74, 6) is 0.695. The zero-order chi connectivity index (χ0) is 8.55. The van der Waals surface area contributed by atoms with Crippen molar-refractivity contribution in [2.24, 2.45) is 5.92 Å². The lowest BCUT2D eigenvalue weighted by Gasteiger charge is -2.33. The highest BCUT2D eigenvalue weighted by atomic mass is 16.2.